The lowest BCUT2D eigenvalue weighted by Crippen LogP contribution is -2.18. The van der Waals surface area contributed by atoms with Gasteiger partial charge in [-0.2, -0.15) is 0 Å². The van der Waals surface area contributed by atoms with E-state index in [9.17, 15) is 14.0 Å². The molecule has 0 saturated heterocycles. The average molecular weight is 428 g/mol. The molecule has 0 fully saturated rings. The molecule has 0 aliphatic carbocycles. The van der Waals surface area contributed by atoms with Crippen molar-refractivity contribution < 1.29 is 14.0 Å². The second kappa shape index (κ2) is 10.0. The number of halogens is 1. The van der Waals surface area contributed by atoms with Crippen LogP contribution >= 0.6 is 11.8 Å². The third kappa shape index (κ3) is 5.44. The van der Waals surface area contributed by atoms with Crippen molar-refractivity contribution in [2.24, 2.45) is 7.05 Å². The van der Waals surface area contributed by atoms with Crippen molar-refractivity contribution >= 4 is 35.0 Å². The summed E-state index contributed by atoms with van der Waals surface area (Å²) in [6.07, 6.45) is 0.764. The normalized spacial score (nSPS) is 10.6. The molecule has 0 bridgehead atoms. The highest BCUT2D eigenvalue weighted by molar-refractivity contribution is 7.99. The smallest absolute Gasteiger partial charge is 0.234 e. The maximum atomic E-state index is 13.7. The number of carbonyl (C=O) groups is 2. The monoisotopic (exact) mass is 427 g/mol. The van der Waals surface area contributed by atoms with Crippen molar-refractivity contribution in [3.63, 3.8) is 0 Å². The Labute approximate surface area is 178 Å². The van der Waals surface area contributed by atoms with Gasteiger partial charge in [0.1, 0.15) is 11.6 Å². The molecule has 2 aromatic carbocycles. The van der Waals surface area contributed by atoms with Crippen LogP contribution in [0, 0.1) is 5.82 Å². The highest BCUT2D eigenvalue weighted by atomic mass is 32.2. The first kappa shape index (κ1) is 21.5. The number of hydrogen-bond donors (Lipinski definition) is 2. The van der Waals surface area contributed by atoms with Crippen molar-refractivity contribution in [1.29, 1.82) is 0 Å². The molecule has 9 heteroatoms. The number of anilines is 2. The van der Waals surface area contributed by atoms with Crippen molar-refractivity contribution in [3.05, 3.63) is 65.7 Å². The molecule has 30 heavy (non-hydrogen) atoms. The van der Waals surface area contributed by atoms with E-state index in [1.54, 1.807) is 23.7 Å². The number of nitrogens with one attached hydrogen (secondary N) is 2. The molecule has 1 aromatic heterocycles. The Morgan fingerprint density at radius 2 is 1.67 bits per heavy atom. The van der Waals surface area contributed by atoms with Gasteiger partial charge in [0.25, 0.3) is 0 Å². The fourth-order valence-corrected chi connectivity index (χ4v) is 3.52. The number of carbonyl (C=O) groups excluding carboxylic acids is 2. The van der Waals surface area contributed by atoms with Crippen LogP contribution in [0.2, 0.25) is 0 Å². The van der Waals surface area contributed by atoms with Gasteiger partial charge in [0.15, 0.2) is 5.16 Å². The van der Waals surface area contributed by atoms with Crippen LogP contribution in [0.25, 0.3) is 0 Å². The van der Waals surface area contributed by atoms with Crippen LogP contribution < -0.4 is 10.6 Å². The Morgan fingerprint density at radius 3 is 2.40 bits per heavy atom. The number of thioether (sulfide) groups is 1. The topological polar surface area (TPSA) is 88.9 Å². The van der Waals surface area contributed by atoms with Gasteiger partial charge in [-0.15, -0.1) is 10.2 Å². The summed E-state index contributed by atoms with van der Waals surface area (Å²) in [4.78, 5) is 24.5. The summed E-state index contributed by atoms with van der Waals surface area (Å²) in [6.45, 7) is 2.03. The van der Waals surface area contributed by atoms with E-state index >= 15 is 0 Å². The Bertz CT molecular complexity index is 1050. The van der Waals surface area contributed by atoms with Gasteiger partial charge in [-0.05, 0) is 30.2 Å². The minimum atomic E-state index is -0.504. The van der Waals surface area contributed by atoms with Gasteiger partial charge in [0, 0.05) is 12.7 Å². The van der Waals surface area contributed by atoms with Gasteiger partial charge >= 0.3 is 0 Å². The Morgan fingerprint density at radius 1 is 1.00 bits per heavy atom. The van der Waals surface area contributed by atoms with Crippen molar-refractivity contribution in [3.8, 4) is 0 Å². The molecule has 2 amide bonds. The zero-order chi connectivity index (χ0) is 21.5. The minimum Gasteiger partial charge on any atom is -0.325 e. The second-order valence-electron chi connectivity index (χ2n) is 6.51. The zero-order valence-corrected chi connectivity index (χ0v) is 17.5. The van der Waals surface area contributed by atoms with E-state index in [1.807, 2.05) is 31.2 Å². The summed E-state index contributed by atoms with van der Waals surface area (Å²) >= 11 is 1.23. The molecule has 0 unspecified atom stereocenters. The summed E-state index contributed by atoms with van der Waals surface area (Å²) in [6, 6.07) is 13.6. The molecule has 0 spiro atoms. The number of para-hydroxylation sites is 2. The van der Waals surface area contributed by atoms with Crippen molar-refractivity contribution in [2.75, 3.05) is 16.4 Å². The van der Waals surface area contributed by atoms with E-state index in [1.165, 1.54) is 23.9 Å². The lowest BCUT2D eigenvalue weighted by Gasteiger charge is -2.09. The van der Waals surface area contributed by atoms with Gasteiger partial charge in [0.05, 0.1) is 17.9 Å². The number of benzene rings is 2. The number of rotatable bonds is 8. The van der Waals surface area contributed by atoms with Gasteiger partial charge in [-0.1, -0.05) is 49.0 Å². The average Bonchev–Trinajstić information content (AvgIpc) is 3.08. The minimum absolute atomic E-state index is 0.0610. The molecule has 0 saturated carbocycles. The highest BCUT2D eigenvalue weighted by Gasteiger charge is 2.15. The molecule has 156 valence electrons. The van der Waals surface area contributed by atoms with Crippen molar-refractivity contribution in [2.45, 2.75) is 24.9 Å². The van der Waals surface area contributed by atoms with Crippen LogP contribution in [-0.2, 0) is 29.5 Å². The highest BCUT2D eigenvalue weighted by Crippen LogP contribution is 2.19. The summed E-state index contributed by atoms with van der Waals surface area (Å²) in [5.41, 5.74) is 1.98. The third-order valence-corrected chi connectivity index (χ3v) is 5.42. The van der Waals surface area contributed by atoms with E-state index < -0.39 is 11.7 Å². The molecular weight excluding hydrogens is 405 g/mol. The molecule has 7 nitrogen and oxygen atoms in total. The Balaban J connectivity index is 1.55. The lowest BCUT2D eigenvalue weighted by molar-refractivity contribution is -0.116. The lowest BCUT2D eigenvalue weighted by atomic mass is 10.1. The van der Waals surface area contributed by atoms with Crippen LogP contribution in [-0.4, -0.2) is 32.3 Å². The van der Waals surface area contributed by atoms with E-state index in [-0.39, 0.29) is 23.8 Å². The van der Waals surface area contributed by atoms with Gasteiger partial charge in [-0.25, -0.2) is 4.39 Å². The summed E-state index contributed by atoms with van der Waals surface area (Å²) in [5, 5.41) is 14.0. The van der Waals surface area contributed by atoms with E-state index in [2.05, 4.69) is 20.8 Å². The standard InChI is InChI=1S/C21H22FN5O2S/c1-3-14-8-4-6-10-16(14)23-20(29)13-30-21-26-25-18(27(21)2)12-19(28)24-17-11-7-5-9-15(17)22/h4-11H,3,12-13H2,1-2H3,(H,23,29)(H,24,28). The number of hydrogen-bond acceptors (Lipinski definition) is 5. The van der Waals surface area contributed by atoms with Crippen LogP contribution in [0.15, 0.2) is 53.7 Å². The van der Waals surface area contributed by atoms with E-state index in [0.717, 1.165) is 17.7 Å². The molecule has 0 atom stereocenters. The molecule has 0 radical (unpaired) electrons. The van der Waals surface area contributed by atoms with Crippen LogP contribution in [0.3, 0.4) is 0 Å². The molecule has 1 heterocycles. The third-order valence-electron chi connectivity index (χ3n) is 4.40. The predicted octanol–water partition coefficient (Wildman–Crippen LogP) is 3.43. The van der Waals surface area contributed by atoms with Crippen LogP contribution in [0.5, 0.6) is 0 Å². The first-order chi connectivity index (χ1) is 14.5. The second-order valence-corrected chi connectivity index (χ2v) is 7.45. The molecule has 0 aliphatic heterocycles. The summed E-state index contributed by atoms with van der Waals surface area (Å²) in [5.74, 6) is -0.478. The first-order valence-corrected chi connectivity index (χ1v) is 10.4. The quantitative estimate of drug-likeness (QED) is 0.538. The Hall–Kier alpha value is -3.20. The fourth-order valence-electron chi connectivity index (χ4n) is 2.79. The number of amides is 2. The number of aromatic nitrogens is 3. The maximum Gasteiger partial charge on any atom is 0.234 e. The van der Waals surface area contributed by atoms with Crippen LogP contribution in [0.4, 0.5) is 15.8 Å². The SMILES string of the molecule is CCc1ccccc1NC(=O)CSc1nnc(CC(=O)Nc2ccccc2F)n1C. The van der Waals surface area contributed by atoms with Crippen molar-refractivity contribution in [1.82, 2.24) is 14.8 Å². The molecule has 0 aliphatic rings. The number of nitrogens with zero attached hydrogens (tertiary/aromatic N) is 3. The fraction of sp³-hybridized carbons (Fsp3) is 0.238. The molecule has 2 N–H and O–H groups in total. The Kier molecular flexibility index (Phi) is 7.18. The van der Waals surface area contributed by atoms with Crippen LogP contribution in [0.1, 0.15) is 18.3 Å². The van der Waals surface area contributed by atoms with Gasteiger partial charge < -0.3 is 15.2 Å². The zero-order valence-electron chi connectivity index (χ0n) is 16.7. The molecular formula is C21H22FN5O2S. The molecule has 3 rings (SSSR count). The largest absolute Gasteiger partial charge is 0.325 e. The number of aryl methyl sites for hydroxylation is 1. The summed E-state index contributed by atoms with van der Waals surface area (Å²) < 4.78 is 15.3. The summed E-state index contributed by atoms with van der Waals surface area (Å²) in [7, 11) is 1.72. The van der Waals surface area contributed by atoms with E-state index in [4.69, 9.17) is 0 Å². The maximum absolute atomic E-state index is 13.7. The predicted molar refractivity (Wildman–Crippen MR) is 115 cm³/mol. The van der Waals surface area contributed by atoms with Gasteiger partial charge in [-0.3, -0.25) is 9.59 Å². The first-order valence-electron chi connectivity index (χ1n) is 9.41. The van der Waals surface area contributed by atoms with E-state index in [0.29, 0.717) is 11.0 Å². The molecule has 3 aromatic rings. The van der Waals surface area contributed by atoms with Gasteiger partial charge in [0.2, 0.25) is 11.8 Å².